The van der Waals surface area contributed by atoms with Gasteiger partial charge in [-0.2, -0.15) is 0 Å². The van der Waals surface area contributed by atoms with Crippen molar-refractivity contribution in [1.82, 2.24) is 4.98 Å². The fourth-order valence-corrected chi connectivity index (χ4v) is 1.77. The zero-order chi connectivity index (χ0) is 9.26. The normalized spacial score (nSPS) is 17.8. The maximum Gasteiger partial charge on any atom is 0.365 e. The van der Waals surface area contributed by atoms with Crippen LogP contribution in [0, 0.1) is 0 Å². The largest absolute Gasteiger partial charge is 0.476 e. The minimum Gasteiger partial charge on any atom is -0.476 e. The molecule has 0 radical (unpaired) electrons. The summed E-state index contributed by atoms with van der Waals surface area (Å²) in [5, 5.41) is 8.67. The molecule has 1 N–H and O–H groups in total. The van der Waals surface area contributed by atoms with Crippen LogP contribution in [-0.2, 0) is 9.47 Å². The van der Waals surface area contributed by atoms with Gasteiger partial charge in [0.05, 0.1) is 18.1 Å². The summed E-state index contributed by atoms with van der Waals surface area (Å²) in [4.78, 5) is 14.9. The highest BCUT2D eigenvalue weighted by atomic mass is 32.1. The molecule has 1 aliphatic heterocycles. The minimum atomic E-state index is -1.02. The van der Waals surface area contributed by atoms with Crippen LogP contribution in [0.15, 0.2) is 6.20 Å². The van der Waals surface area contributed by atoms with Crippen molar-refractivity contribution in [3.05, 3.63) is 16.1 Å². The van der Waals surface area contributed by atoms with E-state index >= 15 is 0 Å². The van der Waals surface area contributed by atoms with E-state index in [4.69, 9.17) is 14.6 Å². The molecule has 0 spiro atoms. The highest BCUT2D eigenvalue weighted by Crippen LogP contribution is 2.27. The van der Waals surface area contributed by atoms with Crippen LogP contribution in [0.3, 0.4) is 0 Å². The Morgan fingerprint density at radius 2 is 2.31 bits per heavy atom. The van der Waals surface area contributed by atoms with Crippen molar-refractivity contribution in [2.24, 2.45) is 0 Å². The van der Waals surface area contributed by atoms with Gasteiger partial charge in [0.25, 0.3) is 0 Å². The van der Waals surface area contributed by atoms with Crippen LogP contribution in [-0.4, -0.2) is 29.3 Å². The van der Waals surface area contributed by atoms with Gasteiger partial charge in [-0.05, 0) is 0 Å². The molecule has 0 aliphatic carbocycles. The van der Waals surface area contributed by atoms with Gasteiger partial charge in [-0.1, -0.05) is 0 Å². The second-order valence-electron chi connectivity index (χ2n) is 2.45. The first-order valence-electron chi connectivity index (χ1n) is 3.69. The van der Waals surface area contributed by atoms with Crippen molar-refractivity contribution in [1.29, 1.82) is 0 Å². The highest BCUT2D eigenvalue weighted by molar-refractivity contribution is 7.13. The molecule has 0 bridgehead atoms. The Morgan fingerprint density at radius 1 is 1.62 bits per heavy atom. The molecular formula is C7H7NO4S. The number of carboxylic acids is 1. The summed E-state index contributed by atoms with van der Waals surface area (Å²) >= 11 is 1.08. The first-order valence-corrected chi connectivity index (χ1v) is 4.51. The van der Waals surface area contributed by atoms with E-state index in [2.05, 4.69) is 4.98 Å². The van der Waals surface area contributed by atoms with Gasteiger partial charge in [-0.15, -0.1) is 11.3 Å². The van der Waals surface area contributed by atoms with E-state index in [1.165, 1.54) is 6.20 Å². The zero-order valence-electron chi connectivity index (χ0n) is 6.60. The molecule has 1 aromatic heterocycles. The molecule has 0 atom stereocenters. The summed E-state index contributed by atoms with van der Waals surface area (Å²) in [5.41, 5.74) is 0. The van der Waals surface area contributed by atoms with E-state index in [0.29, 0.717) is 18.1 Å². The number of nitrogens with zero attached hydrogens (tertiary/aromatic N) is 1. The molecule has 1 fully saturated rings. The molecule has 1 aromatic rings. The topological polar surface area (TPSA) is 68.7 Å². The number of aromatic nitrogens is 1. The maximum absolute atomic E-state index is 10.5. The SMILES string of the molecule is O=C(O)c1ncc(C2OCCO2)s1. The minimum absolute atomic E-state index is 0.0640. The van der Waals surface area contributed by atoms with E-state index in [9.17, 15) is 4.79 Å². The molecule has 13 heavy (non-hydrogen) atoms. The van der Waals surface area contributed by atoms with Crippen molar-refractivity contribution in [3.8, 4) is 0 Å². The van der Waals surface area contributed by atoms with Crippen LogP contribution in [0.2, 0.25) is 0 Å². The Kier molecular flexibility index (Phi) is 2.26. The van der Waals surface area contributed by atoms with Crippen molar-refractivity contribution in [2.75, 3.05) is 13.2 Å². The van der Waals surface area contributed by atoms with Gasteiger partial charge in [-0.25, -0.2) is 9.78 Å². The van der Waals surface area contributed by atoms with Crippen molar-refractivity contribution >= 4 is 17.3 Å². The zero-order valence-corrected chi connectivity index (χ0v) is 7.41. The Morgan fingerprint density at radius 3 is 2.85 bits per heavy atom. The lowest BCUT2D eigenvalue weighted by atomic mass is 10.5. The Labute approximate surface area is 77.9 Å². The first kappa shape index (κ1) is 8.61. The number of ether oxygens (including phenoxy) is 2. The second kappa shape index (κ2) is 3.41. The third-order valence-corrected chi connectivity index (χ3v) is 2.57. The number of hydrogen-bond donors (Lipinski definition) is 1. The fraction of sp³-hybridized carbons (Fsp3) is 0.429. The molecule has 70 valence electrons. The number of thiazole rings is 1. The lowest BCUT2D eigenvalue weighted by Gasteiger charge is -2.03. The summed E-state index contributed by atoms with van der Waals surface area (Å²) in [5.74, 6) is -1.02. The molecular weight excluding hydrogens is 194 g/mol. The van der Waals surface area contributed by atoms with Crippen molar-refractivity contribution < 1.29 is 19.4 Å². The van der Waals surface area contributed by atoms with Crippen molar-refractivity contribution in [3.63, 3.8) is 0 Å². The maximum atomic E-state index is 10.5. The van der Waals surface area contributed by atoms with Gasteiger partial charge in [0.15, 0.2) is 6.29 Å². The van der Waals surface area contributed by atoms with E-state index < -0.39 is 12.3 Å². The average molecular weight is 201 g/mol. The third-order valence-electron chi connectivity index (χ3n) is 1.56. The van der Waals surface area contributed by atoms with Gasteiger partial charge < -0.3 is 14.6 Å². The van der Waals surface area contributed by atoms with E-state index in [1.54, 1.807) is 0 Å². The fourth-order valence-electron chi connectivity index (χ4n) is 1.02. The van der Waals surface area contributed by atoms with Crippen LogP contribution in [0.25, 0.3) is 0 Å². The average Bonchev–Trinajstić information content (AvgIpc) is 2.75. The van der Waals surface area contributed by atoms with Gasteiger partial charge >= 0.3 is 5.97 Å². The van der Waals surface area contributed by atoms with E-state index in [0.717, 1.165) is 11.3 Å². The summed E-state index contributed by atoms with van der Waals surface area (Å²) in [7, 11) is 0. The molecule has 2 heterocycles. The van der Waals surface area contributed by atoms with Gasteiger partial charge in [0.2, 0.25) is 5.01 Å². The van der Waals surface area contributed by atoms with E-state index in [-0.39, 0.29) is 5.01 Å². The summed E-state index contributed by atoms with van der Waals surface area (Å²) < 4.78 is 10.4. The van der Waals surface area contributed by atoms with Crippen LogP contribution in [0.5, 0.6) is 0 Å². The first-order chi connectivity index (χ1) is 6.27. The molecule has 1 saturated heterocycles. The quantitative estimate of drug-likeness (QED) is 0.769. The lowest BCUT2D eigenvalue weighted by Crippen LogP contribution is -1.94. The molecule has 0 amide bonds. The van der Waals surface area contributed by atoms with Crippen LogP contribution in [0.1, 0.15) is 21.0 Å². The Balaban J connectivity index is 2.16. The predicted octanol–water partition coefficient (Wildman–Crippen LogP) is 0.887. The molecule has 0 saturated carbocycles. The lowest BCUT2D eigenvalue weighted by molar-refractivity contribution is -0.0414. The molecule has 0 aromatic carbocycles. The predicted molar refractivity (Wildman–Crippen MR) is 43.7 cm³/mol. The van der Waals surface area contributed by atoms with E-state index in [1.807, 2.05) is 0 Å². The monoisotopic (exact) mass is 201 g/mol. The third kappa shape index (κ3) is 1.69. The molecule has 6 heteroatoms. The standard InChI is InChI=1S/C7H7NO4S/c9-6(10)5-8-3-4(13-5)7-11-1-2-12-7/h3,7H,1-2H2,(H,9,10). The number of carbonyl (C=O) groups is 1. The second-order valence-corrected chi connectivity index (χ2v) is 3.51. The highest BCUT2D eigenvalue weighted by Gasteiger charge is 2.22. The van der Waals surface area contributed by atoms with Crippen LogP contribution >= 0.6 is 11.3 Å². The summed E-state index contributed by atoms with van der Waals surface area (Å²) in [6.45, 7) is 1.09. The van der Waals surface area contributed by atoms with Crippen LogP contribution < -0.4 is 0 Å². The Hall–Kier alpha value is -0.980. The van der Waals surface area contributed by atoms with Crippen LogP contribution in [0.4, 0.5) is 0 Å². The number of rotatable bonds is 2. The molecule has 5 nitrogen and oxygen atoms in total. The van der Waals surface area contributed by atoms with Gasteiger partial charge in [-0.3, -0.25) is 0 Å². The smallest absolute Gasteiger partial charge is 0.365 e. The summed E-state index contributed by atoms with van der Waals surface area (Å²) in [6, 6.07) is 0. The van der Waals surface area contributed by atoms with Gasteiger partial charge in [0, 0.05) is 6.20 Å². The number of aromatic carboxylic acids is 1. The molecule has 2 rings (SSSR count). The van der Waals surface area contributed by atoms with Crippen molar-refractivity contribution in [2.45, 2.75) is 6.29 Å². The number of hydrogen-bond acceptors (Lipinski definition) is 5. The Bertz CT molecular complexity index is 318. The number of carboxylic acid groups (broad SMARTS) is 1. The molecule has 1 aliphatic rings. The molecule has 0 unspecified atom stereocenters. The summed E-state index contributed by atoms with van der Waals surface area (Å²) in [6.07, 6.45) is 1.05. The van der Waals surface area contributed by atoms with Gasteiger partial charge in [0.1, 0.15) is 0 Å².